The van der Waals surface area contributed by atoms with Gasteiger partial charge in [0.1, 0.15) is 5.60 Å². The van der Waals surface area contributed by atoms with Crippen molar-refractivity contribution in [1.29, 1.82) is 0 Å². The number of esters is 1. The number of carbonyl (C=O) groups excluding carboxylic acids is 1. The molecule has 0 aromatic heterocycles. The third-order valence-corrected chi connectivity index (χ3v) is 3.23. The van der Waals surface area contributed by atoms with Crippen LogP contribution in [-0.4, -0.2) is 11.6 Å². The average Bonchev–Trinajstić information content (AvgIpc) is 2.37. The van der Waals surface area contributed by atoms with Gasteiger partial charge in [0, 0.05) is 0 Å². The fourth-order valence-electron chi connectivity index (χ4n) is 1.78. The molecule has 94 valence electrons. The molecule has 2 rings (SSSR count). The van der Waals surface area contributed by atoms with E-state index in [1.54, 1.807) is 0 Å². The molecule has 0 aliphatic carbocycles. The Morgan fingerprint density at radius 1 is 1.11 bits per heavy atom. The molecule has 0 saturated carbocycles. The van der Waals surface area contributed by atoms with Crippen LogP contribution in [0.4, 0.5) is 0 Å². The highest BCUT2D eigenvalue weighted by molar-refractivity contribution is 6.04. The summed E-state index contributed by atoms with van der Waals surface area (Å²) in [7, 11) is 0. The van der Waals surface area contributed by atoms with Gasteiger partial charge in [0.2, 0.25) is 0 Å². The Morgan fingerprint density at radius 3 is 2.50 bits per heavy atom. The van der Waals surface area contributed by atoms with Crippen LogP contribution in [0.25, 0.3) is 10.8 Å². The molecule has 0 aliphatic heterocycles. The molecule has 2 heteroatoms. The first kappa shape index (κ1) is 12.6. The molecular formula is C16H18O2. The molecule has 0 bridgehead atoms. The van der Waals surface area contributed by atoms with Crippen LogP contribution in [0.5, 0.6) is 0 Å². The SMILES string of the molecule is CCC(C)(C)OC(=O)c1cccc2ccccc12. The van der Waals surface area contributed by atoms with Gasteiger partial charge in [0.05, 0.1) is 5.56 Å². The predicted octanol–water partition coefficient (Wildman–Crippen LogP) is 4.19. The topological polar surface area (TPSA) is 26.3 Å². The van der Waals surface area contributed by atoms with Gasteiger partial charge < -0.3 is 4.74 Å². The lowest BCUT2D eigenvalue weighted by atomic mass is 10.0. The largest absolute Gasteiger partial charge is 0.456 e. The smallest absolute Gasteiger partial charge is 0.339 e. The molecule has 0 spiro atoms. The molecule has 18 heavy (non-hydrogen) atoms. The van der Waals surface area contributed by atoms with Crippen molar-refractivity contribution in [3.63, 3.8) is 0 Å². The quantitative estimate of drug-likeness (QED) is 0.754. The van der Waals surface area contributed by atoms with Gasteiger partial charge in [-0.3, -0.25) is 0 Å². The Hall–Kier alpha value is -1.83. The van der Waals surface area contributed by atoms with E-state index < -0.39 is 5.60 Å². The normalized spacial score (nSPS) is 11.5. The van der Waals surface area contributed by atoms with Crippen molar-refractivity contribution < 1.29 is 9.53 Å². The molecular weight excluding hydrogens is 224 g/mol. The maximum atomic E-state index is 12.2. The first-order valence-corrected chi connectivity index (χ1v) is 6.24. The number of fused-ring (bicyclic) bond motifs is 1. The van der Waals surface area contributed by atoms with Crippen molar-refractivity contribution in [2.24, 2.45) is 0 Å². The van der Waals surface area contributed by atoms with Gasteiger partial charge in [-0.15, -0.1) is 0 Å². The molecule has 0 amide bonds. The lowest BCUT2D eigenvalue weighted by Gasteiger charge is -2.23. The number of hydrogen-bond acceptors (Lipinski definition) is 2. The van der Waals surface area contributed by atoms with Gasteiger partial charge in [0.15, 0.2) is 0 Å². The van der Waals surface area contributed by atoms with Crippen LogP contribution in [-0.2, 0) is 4.74 Å². The minimum atomic E-state index is -0.423. The molecule has 0 unspecified atom stereocenters. The Morgan fingerprint density at radius 2 is 1.78 bits per heavy atom. The average molecular weight is 242 g/mol. The summed E-state index contributed by atoms with van der Waals surface area (Å²) in [5.41, 5.74) is 0.211. The van der Waals surface area contributed by atoms with Crippen molar-refractivity contribution in [2.75, 3.05) is 0 Å². The van der Waals surface area contributed by atoms with Gasteiger partial charge in [-0.25, -0.2) is 4.79 Å². The molecule has 2 aromatic rings. The van der Waals surface area contributed by atoms with Gasteiger partial charge in [0.25, 0.3) is 0 Å². The van der Waals surface area contributed by atoms with Crippen molar-refractivity contribution >= 4 is 16.7 Å². The molecule has 0 radical (unpaired) electrons. The van der Waals surface area contributed by atoms with Crippen LogP contribution < -0.4 is 0 Å². The summed E-state index contributed by atoms with van der Waals surface area (Å²) in [6.07, 6.45) is 0.795. The van der Waals surface area contributed by atoms with Crippen LogP contribution >= 0.6 is 0 Å². The van der Waals surface area contributed by atoms with Crippen molar-refractivity contribution in [3.05, 3.63) is 48.0 Å². The summed E-state index contributed by atoms with van der Waals surface area (Å²) in [5.74, 6) is -0.251. The third kappa shape index (κ3) is 2.53. The fourth-order valence-corrected chi connectivity index (χ4v) is 1.78. The maximum absolute atomic E-state index is 12.2. The van der Waals surface area contributed by atoms with Gasteiger partial charge in [-0.2, -0.15) is 0 Å². The second kappa shape index (κ2) is 4.81. The summed E-state index contributed by atoms with van der Waals surface area (Å²) in [5, 5.41) is 2.00. The maximum Gasteiger partial charge on any atom is 0.339 e. The van der Waals surface area contributed by atoms with E-state index in [1.807, 2.05) is 63.2 Å². The van der Waals surface area contributed by atoms with E-state index in [1.165, 1.54) is 0 Å². The number of benzene rings is 2. The zero-order valence-corrected chi connectivity index (χ0v) is 11.1. The lowest BCUT2D eigenvalue weighted by molar-refractivity contribution is -0.00220. The second-order valence-corrected chi connectivity index (χ2v) is 5.03. The lowest BCUT2D eigenvalue weighted by Crippen LogP contribution is -2.27. The van der Waals surface area contributed by atoms with E-state index in [-0.39, 0.29) is 5.97 Å². The summed E-state index contributed by atoms with van der Waals surface area (Å²) in [4.78, 5) is 12.2. The molecule has 0 aliphatic rings. The van der Waals surface area contributed by atoms with E-state index in [4.69, 9.17) is 4.74 Å². The van der Waals surface area contributed by atoms with Gasteiger partial charge in [-0.05, 0) is 37.1 Å². The number of ether oxygens (including phenoxy) is 1. The van der Waals surface area contributed by atoms with E-state index in [0.717, 1.165) is 17.2 Å². The van der Waals surface area contributed by atoms with E-state index >= 15 is 0 Å². The molecule has 0 saturated heterocycles. The first-order chi connectivity index (χ1) is 8.53. The van der Waals surface area contributed by atoms with Gasteiger partial charge >= 0.3 is 5.97 Å². The molecule has 0 N–H and O–H groups in total. The van der Waals surface area contributed by atoms with E-state index in [9.17, 15) is 4.79 Å². The summed E-state index contributed by atoms with van der Waals surface area (Å²) >= 11 is 0. The van der Waals surface area contributed by atoms with Crippen LogP contribution in [0, 0.1) is 0 Å². The van der Waals surface area contributed by atoms with Crippen molar-refractivity contribution in [3.8, 4) is 0 Å². The highest BCUT2D eigenvalue weighted by Gasteiger charge is 2.22. The Labute approximate surface area is 108 Å². The standard InChI is InChI=1S/C16H18O2/c1-4-16(2,3)18-15(17)14-11-7-9-12-8-5-6-10-13(12)14/h5-11H,4H2,1-3H3. The second-order valence-electron chi connectivity index (χ2n) is 5.03. The van der Waals surface area contributed by atoms with E-state index in [0.29, 0.717) is 5.56 Å². The Bertz CT molecular complexity index is 565. The summed E-state index contributed by atoms with van der Waals surface area (Å²) in [6.45, 7) is 5.86. The summed E-state index contributed by atoms with van der Waals surface area (Å²) in [6, 6.07) is 13.5. The van der Waals surface area contributed by atoms with Crippen LogP contribution in [0.2, 0.25) is 0 Å². The monoisotopic (exact) mass is 242 g/mol. The first-order valence-electron chi connectivity index (χ1n) is 6.24. The van der Waals surface area contributed by atoms with Gasteiger partial charge in [-0.1, -0.05) is 43.3 Å². The molecule has 2 aromatic carbocycles. The zero-order valence-electron chi connectivity index (χ0n) is 11.1. The molecule has 0 fully saturated rings. The fraction of sp³-hybridized carbons (Fsp3) is 0.312. The number of carbonyl (C=O) groups is 1. The van der Waals surface area contributed by atoms with Crippen molar-refractivity contribution in [1.82, 2.24) is 0 Å². The van der Waals surface area contributed by atoms with Crippen LogP contribution in [0.15, 0.2) is 42.5 Å². The predicted molar refractivity (Wildman–Crippen MR) is 73.7 cm³/mol. The zero-order chi connectivity index (χ0) is 13.2. The number of rotatable bonds is 3. The highest BCUT2D eigenvalue weighted by atomic mass is 16.6. The Balaban J connectivity index is 2.39. The number of hydrogen-bond donors (Lipinski definition) is 0. The third-order valence-electron chi connectivity index (χ3n) is 3.23. The minimum Gasteiger partial charge on any atom is -0.456 e. The highest BCUT2D eigenvalue weighted by Crippen LogP contribution is 2.22. The van der Waals surface area contributed by atoms with E-state index in [2.05, 4.69) is 0 Å². The molecule has 2 nitrogen and oxygen atoms in total. The Kier molecular flexibility index (Phi) is 3.37. The molecule has 0 heterocycles. The molecule has 0 atom stereocenters. The van der Waals surface area contributed by atoms with Crippen molar-refractivity contribution in [2.45, 2.75) is 32.8 Å². The van der Waals surface area contributed by atoms with Crippen LogP contribution in [0.3, 0.4) is 0 Å². The minimum absolute atomic E-state index is 0.251. The summed E-state index contributed by atoms with van der Waals surface area (Å²) < 4.78 is 5.54. The van der Waals surface area contributed by atoms with Crippen LogP contribution in [0.1, 0.15) is 37.6 Å².